The number of fused-ring (bicyclic) bond motifs is 1. The average Bonchev–Trinajstić information content (AvgIpc) is 2.66. The van der Waals surface area contributed by atoms with Crippen LogP contribution in [0.15, 0.2) is 42.5 Å². The first-order valence-electron chi connectivity index (χ1n) is 10.2. The number of esters is 1. The molecule has 2 heteroatoms. The van der Waals surface area contributed by atoms with Gasteiger partial charge in [0.15, 0.2) is 0 Å². The molecule has 0 amide bonds. The molecular weight excluding hydrogens is 344 g/mol. The molecule has 0 aliphatic heterocycles. The van der Waals surface area contributed by atoms with Gasteiger partial charge in [0.2, 0.25) is 0 Å². The molecule has 0 heterocycles. The summed E-state index contributed by atoms with van der Waals surface area (Å²) in [5.41, 5.74) is 7.58. The lowest BCUT2D eigenvalue weighted by Crippen LogP contribution is -2.33. The Labute approximate surface area is 169 Å². The van der Waals surface area contributed by atoms with Crippen LogP contribution < -0.4 is 0 Å². The van der Waals surface area contributed by atoms with E-state index >= 15 is 0 Å². The standard InChI is InChI=1S/C26H32O2/c1-7-28-24(27)20-10-8-19(9-11-20)16-18(2)21-12-13-22-23(17-21)26(5,6)15-14-25(22,3)4/h8-13,16-17H,7,14-15H2,1-6H3/b18-16+. The molecule has 1 aliphatic carbocycles. The van der Waals surface area contributed by atoms with Crippen molar-refractivity contribution >= 4 is 17.6 Å². The Kier molecular flexibility index (Phi) is 5.52. The van der Waals surface area contributed by atoms with Crippen LogP contribution in [-0.2, 0) is 15.6 Å². The highest BCUT2D eigenvalue weighted by Gasteiger charge is 2.36. The molecule has 2 aromatic carbocycles. The van der Waals surface area contributed by atoms with E-state index in [4.69, 9.17) is 4.74 Å². The van der Waals surface area contributed by atoms with Gasteiger partial charge in [-0.2, -0.15) is 0 Å². The molecule has 2 aromatic rings. The van der Waals surface area contributed by atoms with Crippen LogP contribution >= 0.6 is 0 Å². The minimum atomic E-state index is -0.269. The molecule has 0 aromatic heterocycles. The average molecular weight is 377 g/mol. The van der Waals surface area contributed by atoms with E-state index < -0.39 is 0 Å². The van der Waals surface area contributed by atoms with Crippen molar-refractivity contribution in [3.8, 4) is 0 Å². The van der Waals surface area contributed by atoms with Gasteiger partial charge in [-0.05, 0) is 77.5 Å². The number of ether oxygens (including phenoxy) is 1. The predicted octanol–water partition coefficient (Wildman–Crippen LogP) is 6.77. The number of rotatable bonds is 4. The third-order valence-corrected chi connectivity index (χ3v) is 6.11. The largest absolute Gasteiger partial charge is 0.462 e. The maximum atomic E-state index is 11.8. The first-order valence-corrected chi connectivity index (χ1v) is 10.2. The van der Waals surface area contributed by atoms with E-state index in [0.717, 1.165) is 5.56 Å². The van der Waals surface area contributed by atoms with Crippen molar-refractivity contribution in [3.63, 3.8) is 0 Å². The highest BCUT2D eigenvalue weighted by Crippen LogP contribution is 2.46. The van der Waals surface area contributed by atoms with Crippen LogP contribution in [0.4, 0.5) is 0 Å². The minimum absolute atomic E-state index is 0.211. The molecule has 0 saturated carbocycles. The summed E-state index contributed by atoms with van der Waals surface area (Å²) in [5, 5.41) is 0. The molecule has 0 bridgehead atoms. The number of carbonyl (C=O) groups excluding carboxylic acids is 1. The molecule has 0 radical (unpaired) electrons. The fourth-order valence-electron chi connectivity index (χ4n) is 4.10. The zero-order valence-corrected chi connectivity index (χ0v) is 18.1. The summed E-state index contributed by atoms with van der Waals surface area (Å²) in [6, 6.07) is 14.6. The lowest BCUT2D eigenvalue weighted by Gasteiger charge is -2.42. The van der Waals surface area contributed by atoms with Crippen LogP contribution in [0.2, 0.25) is 0 Å². The van der Waals surface area contributed by atoms with Crippen LogP contribution in [0.5, 0.6) is 0 Å². The zero-order chi connectivity index (χ0) is 20.5. The summed E-state index contributed by atoms with van der Waals surface area (Å²) in [7, 11) is 0. The third kappa shape index (κ3) is 4.06. The molecule has 0 unspecified atom stereocenters. The highest BCUT2D eigenvalue weighted by molar-refractivity contribution is 5.90. The van der Waals surface area contributed by atoms with Gasteiger partial charge in [0.1, 0.15) is 0 Å². The summed E-state index contributed by atoms with van der Waals surface area (Å²) >= 11 is 0. The van der Waals surface area contributed by atoms with Gasteiger partial charge in [0.25, 0.3) is 0 Å². The van der Waals surface area contributed by atoms with E-state index in [0.29, 0.717) is 12.2 Å². The maximum Gasteiger partial charge on any atom is 0.338 e. The Morgan fingerprint density at radius 2 is 1.50 bits per heavy atom. The van der Waals surface area contributed by atoms with E-state index in [2.05, 4.69) is 58.9 Å². The van der Waals surface area contributed by atoms with Gasteiger partial charge >= 0.3 is 5.97 Å². The van der Waals surface area contributed by atoms with Crippen molar-refractivity contribution in [1.82, 2.24) is 0 Å². The number of allylic oxidation sites excluding steroid dienone is 1. The topological polar surface area (TPSA) is 26.3 Å². The first kappa shape index (κ1) is 20.4. The van der Waals surface area contributed by atoms with Gasteiger partial charge in [0, 0.05) is 0 Å². The Morgan fingerprint density at radius 3 is 2.11 bits per heavy atom. The summed E-state index contributed by atoms with van der Waals surface area (Å²) < 4.78 is 5.05. The van der Waals surface area contributed by atoms with Crippen LogP contribution in [-0.4, -0.2) is 12.6 Å². The smallest absolute Gasteiger partial charge is 0.338 e. The van der Waals surface area contributed by atoms with Gasteiger partial charge < -0.3 is 4.74 Å². The third-order valence-electron chi connectivity index (χ3n) is 6.11. The molecule has 0 atom stereocenters. The van der Waals surface area contributed by atoms with Crippen molar-refractivity contribution in [2.24, 2.45) is 0 Å². The zero-order valence-electron chi connectivity index (χ0n) is 18.1. The van der Waals surface area contributed by atoms with E-state index in [9.17, 15) is 4.79 Å². The Morgan fingerprint density at radius 1 is 0.929 bits per heavy atom. The second kappa shape index (κ2) is 7.58. The van der Waals surface area contributed by atoms with Gasteiger partial charge in [0.05, 0.1) is 12.2 Å². The Hall–Kier alpha value is -2.35. The van der Waals surface area contributed by atoms with Gasteiger partial charge in [-0.3, -0.25) is 0 Å². The van der Waals surface area contributed by atoms with Gasteiger partial charge in [-0.1, -0.05) is 64.1 Å². The molecule has 3 rings (SSSR count). The van der Waals surface area contributed by atoms with E-state index in [1.54, 1.807) is 0 Å². The highest BCUT2D eigenvalue weighted by atomic mass is 16.5. The minimum Gasteiger partial charge on any atom is -0.462 e. The molecule has 0 spiro atoms. The van der Waals surface area contributed by atoms with Crippen LogP contribution in [0.1, 0.15) is 87.0 Å². The normalized spacial score (nSPS) is 17.7. The van der Waals surface area contributed by atoms with Gasteiger partial charge in [-0.15, -0.1) is 0 Å². The second-order valence-corrected chi connectivity index (χ2v) is 9.20. The maximum absolute atomic E-state index is 11.8. The number of hydrogen-bond acceptors (Lipinski definition) is 2. The van der Waals surface area contributed by atoms with E-state index in [1.807, 2.05) is 31.2 Å². The first-order chi connectivity index (χ1) is 13.1. The van der Waals surface area contributed by atoms with E-state index in [-0.39, 0.29) is 16.8 Å². The Balaban J connectivity index is 1.91. The fraction of sp³-hybridized carbons (Fsp3) is 0.423. The Bertz CT molecular complexity index is 899. The number of hydrogen-bond donors (Lipinski definition) is 0. The lowest BCUT2D eigenvalue weighted by molar-refractivity contribution is 0.0526. The van der Waals surface area contributed by atoms with Crippen LogP contribution in [0.3, 0.4) is 0 Å². The van der Waals surface area contributed by atoms with Crippen molar-refractivity contribution in [2.45, 2.75) is 65.2 Å². The quantitative estimate of drug-likeness (QED) is 0.434. The van der Waals surface area contributed by atoms with Crippen molar-refractivity contribution in [2.75, 3.05) is 6.61 Å². The molecule has 0 saturated heterocycles. The molecule has 2 nitrogen and oxygen atoms in total. The lowest BCUT2D eigenvalue weighted by atomic mass is 9.63. The monoisotopic (exact) mass is 376 g/mol. The summed E-state index contributed by atoms with van der Waals surface area (Å²) in [5.74, 6) is -0.269. The van der Waals surface area contributed by atoms with Crippen molar-refractivity contribution in [1.29, 1.82) is 0 Å². The van der Waals surface area contributed by atoms with Crippen molar-refractivity contribution in [3.05, 3.63) is 70.3 Å². The predicted molar refractivity (Wildman–Crippen MR) is 118 cm³/mol. The molecule has 28 heavy (non-hydrogen) atoms. The molecule has 0 N–H and O–H groups in total. The molecule has 0 fully saturated rings. The fourth-order valence-corrected chi connectivity index (χ4v) is 4.10. The number of carbonyl (C=O) groups is 1. The van der Waals surface area contributed by atoms with Crippen molar-refractivity contribution < 1.29 is 9.53 Å². The second-order valence-electron chi connectivity index (χ2n) is 9.20. The van der Waals surface area contributed by atoms with Crippen LogP contribution in [0, 0.1) is 0 Å². The van der Waals surface area contributed by atoms with Gasteiger partial charge in [-0.25, -0.2) is 4.79 Å². The number of benzene rings is 2. The van der Waals surface area contributed by atoms with Crippen LogP contribution in [0.25, 0.3) is 11.6 Å². The molecule has 1 aliphatic rings. The molecule has 148 valence electrons. The SMILES string of the molecule is CCOC(=O)c1ccc(/C=C(\C)c2ccc3c(c2)C(C)(C)CCC3(C)C)cc1. The summed E-state index contributed by atoms with van der Waals surface area (Å²) in [6.07, 6.45) is 4.63. The molecular formula is C26H32O2. The van der Waals surface area contributed by atoms with E-state index in [1.165, 1.54) is 35.1 Å². The summed E-state index contributed by atoms with van der Waals surface area (Å²) in [4.78, 5) is 11.8. The summed E-state index contributed by atoms with van der Waals surface area (Å²) in [6.45, 7) is 13.8.